The van der Waals surface area contributed by atoms with E-state index in [1.807, 2.05) is 6.92 Å². The smallest absolute Gasteiger partial charge is 0.189 e. The van der Waals surface area contributed by atoms with Gasteiger partial charge in [-0.05, 0) is 6.92 Å². The molecular weight excluding hydrogens is 162 g/mol. The average molecular weight is 174 g/mol. The molecule has 1 aliphatic rings. The van der Waals surface area contributed by atoms with E-state index in [9.17, 15) is 0 Å². The van der Waals surface area contributed by atoms with Gasteiger partial charge >= 0.3 is 0 Å². The molecule has 1 aliphatic heterocycles. The molecule has 0 aromatic heterocycles. The Balaban J connectivity index is 0.000001000. The third-order valence-electron chi connectivity index (χ3n) is 1.44. The summed E-state index contributed by atoms with van der Waals surface area (Å²) in [6.07, 6.45) is 5.99. The standard InChI is InChI=1S/C7H11N3.ClH/c1-3-5-8-6-4-7(2)9-10-7;/h1,8H,4-6H2,2H3;1H. The van der Waals surface area contributed by atoms with Gasteiger partial charge in [0.25, 0.3) is 0 Å². The first-order valence-electron chi connectivity index (χ1n) is 3.35. The molecule has 1 heterocycles. The maximum absolute atomic E-state index is 5.03. The van der Waals surface area contributed by atoms with Gasteiger partial charge in [0.15, 0.2) is 5.66 Å². The maximum Gasteiger partial charge on any atom is 0.189 e. The Morgan fingerprint density at radius 3 is 2.64 bits per heavy atom. The first-order valence-corrected chi connectivity index (χ1v) is 3.35. The lowest BCUT2D eigenvalue weighted by Gasteiger charge is -2.02. The molecule has 4 heteroatoms. The molecule has 0 atom stereocenters. The van der Waals surface area contributed by atoms with Crippen molar-refractivity contribution >= 4 is 12.4 Å². The van der Waals surface area contributed by atoms with Gasteiger partial charge in [0.05, 0.1) is 6.54 Å². The predicted octanol–water partition coefficient (Wildman–Crippen LogP) is 1.20. The van der Waals surface area contributed by atoms with E-state index >= 15 is 0 Å². The number of nitrogens with one attached hydrogen (secondary N) is 1. The first kappa shape index (κ1) is 10.4. The minimum absolute atomic E-state index is 0. The van der Waals surface area contributed by atoms with E-state index in [0.717, 1.165) is 13.0 Å². The molecule has 0 aromatic carbocycles. The van der Waals surface area contributed by atoms with Crippen LogP contribution < -0.4 is 5.32 Å². The number of terminal acetylenes is 1. The van der Waals surface area contributed by atoms with Gasteiger partial charge in [-0.15, -0.1) is 18.8 Å². The fraction of sp³-hybridized carbons (Fsp3) is 0.714. The number of nitrogens with zero attached hydrogens (tertiary/aromatic N) is 2. The summed E-state index contributed by atoms with van der Waals surface area (Å²) < 4.78 is 0. The predicted molar refractivity (Wildman–Crippen MR) is 46.8 cm³/mol. The van der Waals surface area contributed by atoms with Crippen LogP contribution in [0.1, 0.15) is 13.3 Å². The van der Waals surface area contributed by atoms with E-state index in [4.69, 9.17) is 6.42 Å². The highest BCUT2D eigenvalue weighted by Gasteiger charge is 2.32. The van der Waals surface area contributed by atoms with Gasteiger partial charge in [-0.3, -0.25) is 0 Å². The van der Waals surface area contributed by atoms with E-state index in [2.05, 4.69) is 21.5 Å². The van der Waals surface area contributed by atoms with Crippen LogP contribution in [0.15, 0.2) is 10.2 Å². The van der Waals surface area contributed by atoms with Crippen molar-refractivity contribution in [2.75, 3.05) is 13.1 Å². The number of halogens is 1. The van der Waals surface area contributed by atoms with Gasteiger partial charge in [0.2, 0.25) is 0 Å². The van der Waals surface area contributed by atoms with E-state index in [0.29, 0.717) is 6.54 Å². The van der Waals surface area contributed by atoms with E-state index in [-0.39, 0.29) is 18.1 Å². The van der Waals surface area contributed by atoms with Crippen molar-refractivity contribution in [1.29, 1.82) is 0 Å². The minimum Gasteiger partial charge on any atom is -0.306 e. The lowest BCUT2D eigenvalue weighted by atomic mass is 10.2. The Labute approximate surface area is 73.1 Å². The van der Waals surface area contributed by atoms with Gasteiger partial charge in [-0.2, -0.15) is 10.2 Å². The summed E-state index contributed by atoms with van der Waals surface area (Å²) in [4.78, 5) is 0. The third kappa shape index (κ3) is 3.97. The zero-order valence-corrected chi connectivity index (χ0v) is 7.32. The van der Waals surface area contributed by atoms with Crippen molar-refractivity contribution in [2.24, 2.45) is 10.2 Å². The van der Waals surface area contributed by atoms with Crippen LogP contribution in [0.5, 0.6) is 0 Å². The molecule has 3 nitrogen and oxygen atoms in total. The van der Waals surface area contributed by atoms with Crippen LogP contribution in [-0.2, 0) is 0 Å². The summed E-state index contributed by atoms with van der Waals surface area (Å²) in [5.41, 5.74) is -0.0817. The fourth-order valence-electron chi connectivity index (χ4n) is 0.671. The fourth-order valence-corrected chi connectivity index (χ4v) is 0.671. The van der Waals surface area contributed by atoms with Crippen molar-refractivity contribution in [2.45, 2.75) is 19.0 Å². The second-order valence-corrected chi connectivity index (χ2v) is 2.55. The Morgan fingerprint density at radius 1 is 1.55 bits per heavy atom. The summed E-state index contributed by atoms with van der Waals surface area (Å²) in [6.45, 7) is 3.54. The normalized spacial score (nSPS) is 16.7. The maximum atomic E-state index is 5.03. The number of hydrogen-bond acceptors (Lipinski definition) is 3. The summed E-state index contributed by atoms with van der Waals surface area (Å²) in [5.74, 6) is 2.50. The van der Waals surface area contributed by atoms with E-state index in [1.54, 1.807) is 0 Å². The highest BCUT2D eigenvalue weighted by atomic mass is 35.5. The van der Waals surface area contributed by atoms with Crippen molar-refractivity contribution < 1.29 is 0 Å². The third-order valence-corrected chi connectivity index (χ3v) is 1.44. The molecule has 0 spiro atoms. The highest BCUT2D eigenvalue weighted by Crippen LogP contribution is 2.29. The topological polar surface area (TPSA) is 36.8 Å². The number of hydrogen-bond donors (Lipinski definition) is 1. The minimum atomic E-state index is -0.0817. The van der Waals surface area contributed by atoms with Crippen LogP contribution in [0.25, 0.3) is 0 Å². The molecule has 0 radical (unpaired) electrons. The summed E-state index contributed by atoms with van der Waals surface area (Å²) in [6, 6.07) is 0. The molecule has 62 valence electrons. The second kappa shape index (κ2) is 4.32. The van der Waals surface area contributed by atoms with Gasteiger partial charge in [0, 0.05) is 13.0 Å². The van der Waals surface area contributed by atoms with Crippen LogP contribution in [-0.4, -0.2) is 18.8 Å². The van der Waals surface area contributed by atoms with E-state index < -0.39 is 0 Å². The van der Waals surface area contributed by atoms with Gasteiger partial charge < -0.3 is 5.32 Å². The second-order valence-electron chi connectivity index (χ2n) is 2.55. The molecule has 0 aromatic rings. The van der Waals surface area contributed by atoms with E-state index in [1.165, 1.54) is 0 Å². The molecular formula is C7H12ClN3. The van der Waals surface area contributed by atoms with Crippen LogP contribution >= 0.6 is 12.4 Å². The molecule has 1 rings (SSSR count). The van der Waals surface area contributed by atoms with Crippen LogP contribution in [0.2, 0.25) is 0 Å². The average Bonchev–Trinajstić information content (AvgIpc) is 2.62. The summed E-state index contributed by atoms with van der Waals surface area (Å²) >= 11 is 0. The van der Waals surface area contributed by atoms with Crippen LogP contribution in [0.3, 0.4) is 0 Å². The molecule has 0 fully saturated rings. The van der Waals surface area contributed by atoms with Crippen LogP contribution in [0.4, 0.5) is 0 Å². The molecule has 0 amide bonds. The molecule has 0 bridgehead atoms. The van der Waals surface area contributed by atoms with Crippen LogP contribution in [0, 0.1) is 12.3 Å². The highest BCUT2D eigenvalue weighted by molar-refractivity contribution is 5.85. The molecule has 1 N–H and O–H groups in total. The molecule has 0 saturated heterocycles. The van der Waals surface area contributed by atoms with Crippen molar-refractivity contribution in [3.05, 3.63) is 0 Å². The monoisotopic (exact) mass is 173 g/mol. The molecule has 0 aliphatic carbocycles. The van der Waals surface area contributed by atoms with Crippen molar-refractivity contribution in [3.63, 3.8) is 0 Å². The Kier molecular flexibility index (Phi) is 4.09. The molecule has 11 heavy (non-hydrogen) atoms. The van der Waals surface area contributed by atoms with Crippen molar-refractivity contribution in [1.82, 2.24) is 5.32 Å². The molecule has 0 saturated carbocycles. The summed E-state index contributed by atoms with van der Waals surface area (Å²) in [5, 5.41) is 10.8. The molecule has 0 unspecified atom stereocenters. The quantitative estimate of drug-likeness (QED) is 0.504. The Bertz CT molecular complexity index is 177. The van der Waals surface area contributed by atoms with Gasteiger partial charge in [-0.1, -0.05) is 5.92 Å². The summed E-state index contributed by atoms with van der Waals surface area (Å²) in [7, 11) is 0. The lowest BCUT2D eigenvalue weighted by Crippen LogP contribution is -2.20. The SMILES string of the molecule is C#CCNCCC1(C)N=N1.Cl. The lowest BCUT2D eigenvalue weighted by molar-refractivity contribution is 0.565. The number of rotatable bonds is 4. The van der Waals surface area contributed by atoms with Gasteiger partial charge in [-0.25, -0.2) is 0 Å². The van der Waals surface area contributed by atoms with Gasteiger partial charge in [0.1, 0.15) is 0 Å². The zero-order chi connectivity index (χ0) is 7.45. The first-order chi connectivity index (χ1) is 4.77. The van der Waals surface area contributed by atoms with Crippen molar-refractivity contribution in [3.8, 4) is 12.3 Å². The largest absolute Gasteiger partial charge is 0.306 e. The zero-order valence-electron chi connectivity index (χ0n) is 6.50. The Morgan fingerprint density at radius 2 is 2.18 bits per heavy atom. The Hall–Kier alpha value is -0.590.